The average molecular weight is 431 g/mol. The predicted molar refractivity (Wildman–Crippen MR) is 103 cm³/mol. The minimum Gasteiger partial charge on any atom is -0.507 e. The molecule has 2 aromatic heterocycles. The third-order valence-corrected chi connectivity index (χ3v) is 5.66. The molecule has 2 N–H and O–H groups in total. The molecule has 1 aliphatic rings. The average Bonchev–Trinajstić information content (AvgIpc) is 3.21. The summed E-state index contributed by atoms with van der Waals surface area (Å²) in [5.41, 5.74) is 2.23. The summed E-state index contributed by atoms with van der Waals surface area (Å²) >= 11 is 3.54. The van der Waals surface area contributed by atoms with Gasteiger partial charge in [0, 0.05) is 27.7 Å². The number of carbonyl (C=O) groups is 1. The summed E-state index contributed by atoms with van der Waals surface area (Å²) in [5.74, 6) is -0.670. The van der Waals surface area contributed by atoms with E-state index in [1.807, 2.05) is 0 Å². The molecule has 1 unspecified atom stereocenters. The number of nitrogens with zero attached hydrogens (tertiary/aromatic N) is 3. The van der Waals surface area contributed by atoms with Gasteiger partial charge >= 0.3 is 0 Å². The van der Waals surface area contributed by atoms with Gasteiger partial charge in [0.1, 0.15) is 11.9 Å². The van der Waals surface area contributed by atoms with Crippen molar-refractivity contribution in [1.29, 1.82) is 0 Å². The number of H-pyrrole nitrogens is 1. The highest BCUT2D eigenvalue weighted by Gasteiger charge is 2.38. The highest BCUT2D eigenvalue weighted by atomic mass is 79.9. The minimum absolute atomic E-state index is 0.0339. The molecule has 27 heavy (non-hydrogen) atoms. The van der Waals surface area contributed by atoms with Crippen molar-refractivity contribution in [2.24, 2.45) is 0 Å². The minimum atomic E-state index is -1.19. The van der Waals surface area contributed by atoms with Crippen LogP contribution in [-0.2, 0) is 4.79 Å². The number of nitrogens with one attached hydrogen (secondary N) is 1. The number of phenols is 1. The number of para-hydroxylation sites is 1. The van der Waals surface area contributed by atoms with Crippen LogP contribution >= 0.6 is 15.9 Å². The molecule has 138 valence electrons. The molecule has 3 heterocycles. The summed E-state index contributed by atoms with van der Waals surface area (Å²) < 4.78 is 15.3. The third kappa shape index (κ3) is 2.99. The first-order valence-electron chi connectivity index (χ1n) is 8.38. The first-order chi connectivity index (χ1) is 13.0. The monoisotopic (exact) mass is 430 g/mol. The Morgan fingerprint density at radius 2 is 2.15 bits per heavy atom. The predicted octanol–water partition coefficient (Wildman–Crippen LogP) is 3.54. The molecule has 0 spiro atoms. The molecule has 0 aliphatic carbocycles. The highest BCUT2D eigenvalue weighted by molar-refractivity contribution is 9.10. The molecule has 1 aliphatic heterocycles. The maximum Gasteiger partial charge on any atom is 0.246 e. The number of likely N-dealkylation sites (tertiary alicyclic amines) is 1. The van der Waals surface area contributed by atoms with Crippen molar-refractivity contribution in [2.45, 2.75) is 12.1 Å². The van der Waals surface area contributed by atoms with Crippen LogP contribution in [0.5, 0.6) is 5.75 Å². The first kappa shape index (κ1) is 17.7. The van der Waals surface area contributed by atoms with Crippen molar-refractivity contribution in [1.82, 2.24) is 20.1 Å². The van der Waals surface area contributed by atoms with E-state index in [9.17, 15) is 14.3 Å². The van der Waals surface area contributed by atoms with Crippen molar-refractivity contribution in [3.05, 3.63) is 53.2 Å². The molecule has 4 rings (SSSR count). The number of rotatable bonds is 3. The maximum atomic E-state index is 14.6. The Labute approximate surface area is 162 Å². The molecule has 8 heteroatoms. The molecule has 1 aromatic carbocycles. The number of aromatic nitrogens is 3. The van der Waals surface area contributed by atoms with Gasteiger partial charge in [0.25, 0.3) is 0 Å². The Morgan fingerprint density at radius 3 is 2.89 bits per heavy atom. The molecule has 6 nitrogen and oxygen atoms in total. The smallest absolute Gasteiger partial charge is 0.246 e. The van der Waals surface area contributed by atoms with Crippen molar-refractivity contribution < 1.29 is 14.3 Å². The molecule has 1 fully saturated rings. The van der Waals surface area contributed by atoms with E-state index >= 15 is 0 Å². The van der Waals surface area contributed by atoms with E-state index in [1.54, 1.807) is 30.3 Å². The summed E-state index contributed by atoms with van der Waals surface area (Å²) in [4.78, 5) is 16.4. The van der Waals surface area contributed by atoms with Crippen LogP contribution in [0, 0.1) is 0 Å². The molecule has 2 atom stereocenters. The summed E-state index contributed by atoms with van der Waals surface area (Å²) in [6, 6.07) is 8.65. The first-order valence-corrected chi connectivity index (χ1v) is 9.17. The largest absolute Gasteiger partial charge is 0.507 e. The van der Waals surface area contributed by atoms with Crippen LogP contribution in [0.4, 0.5) is 4.39 Å². The Balaban J connectivity index is 1.74. The summed E-state index contributed by atoms with van der Waals surface area (Å²) in [5, 5.41) is 19.1. The van der Waals surface area contributed by atoms with Gasteiger partial charge in [0.15, 0.2) is 5.65 Å². The lowest BCUT2D eigenvalue weighted by Gasteiger charge is -2.13. The normalized spacial score (nSPS) is 19.6. The van der Waals surface area contributed by atoms with Gasteiger partial charge in [0.2, 0.25) is 5.91 Å². The van der Waals surface area contributed by atoms with Crippen LogP contribution in [-0.4, -0.2) is 50.4 Å². The zero-order valence-electron chi connectivity index (χ0n) is 14.2. The van der Waals surface area contributed by atoms with Gasteiger partial charge in [-0.25, -0.2) is 4.39 Å². The number of aromatic hydroxyl groups is 1. The van der Waals surface area contributed by atoms with Crippen molar-refractivity contribution >= 4 is 32.9 Å². The van der Waals surface area contributed by atoms with Crippen molar-refractivity contribution in [2.75, 3.05) is 13.1 Å². The van der Waals surface area contributed by atoms with Gasteiger partial charge in [-0.2, -0.15) is 0 Å². The second-order valence-corrected chi connectivity index (χ2v) is 7.22. The number of carbonyl (C=O) groups excluding carboxylic acids is 1. The van der Waals surface area contributed by atoms with E-state index in [0.717, 1.165) is 5.39 Å². The number of alkyl halides is 1. The highest BCUT2D eigenvalue weighted by Crippen LogP contribution is 2.38. The maximum absolute atomic E-state index is 14.6. The third-order valence-electron chi connectivity index (χ3n) is 4.81. The molecule has 1 saturated heterocycles. The van der Waals surface area contributed by atoms with Gasteiger partial charge in [-0.1, -0.05) is 18.7 Å². The Hall–Kier alpha value is -2.74. The van der Waals surface area contributed by atoms with Crippen LogP contribution in [0.3, 0.4) is 0 Å². The number of fused-ring (bicyclic) bond motifs is 1. The van der Waals surface area contributed by atoms with Gasteiger partial charge in [-0.05, 0) is 40.2 Å². The van der Waals surface area contributed by atoms with Crippen LogP contribution < -0.4 is 0 Å². The van der Waals surface area contributed by atoms with Crippen molar-refractivity contribution in [3.8, 4) is 17.0 Å². The van der Waals surface area contributed by atoms with E-state index < -0.39 is 12.1 Å². The fourth-order valence-electron chi connectivity index (χ4n) is 3.40. The summed E-state index contributed by atoms with van der Waals surface area (Å²) in [6.07, 6.45) is 0.00302. The Kier molecular flexibility index (Phi) is 4.43. The Morgan fingerprint density at radius 1 is 1.37 bits per heavy atom. The topological polar surface area (TPSA) is 82.1 Å². The van der Waals surface area contributed by atoms with Gasteiger partial charge in [-0.3, -0.25) is 4.79 Å². The number of aromatic amines is 1. The lowest BCUT2D eigenvalue weighted by atomic mass is 10.0. The molecular weight excluding hydrogens is 415 g/mol. The number of hydrogen-bond acceptors (Lipinski definition) is 4. The van der Waals surface area contributed by atoms with Gasteiger partial charge in [0.05, 0.1) is 18.2 Å². The van der Waals surface area contributed by atoms with Crippen LogP contribution in [0.25, 0.3) is 22.3 Å². The summed E-state index contributed by atoms with van der Waals surface area (Å²) in [6.45, 7) is 3.75. The van der Waals surface area contributed by atoms with E-state index in [2.05, 4.69) is 37.7 Å². The molecule has 0 bridgehead atoms. The molecule has 0 radical (unpaired) electrons. The van der Waals surface area contributed by atoms with E-state index in [4.69, 9.17) is 0 Å². The fourth-order valence-corrected chi connectivity index (χ4v) is 4.10. The summed E-state index contributed by atoms with van der Waals surface area (Å²) in [7, 11) is 0. The fraction of sp³-hybridized carbons (Fsp3) is 0.211. The molecular formula is C19H16BrFN4O2. The number of halogens is 2. The number of benzene rings is 1. The second-order valence-electron chi connectivity index (χ2n) is 6.43. The van der Waals surface area contributed by atoms with Crippen LogP contribution in [0.15, 0.2) is 47.5 Å². The quantitative estimate of drug-likeness (QED) is 0.622. The molecule has 1 amide bonds. The molecule has 0 saturated carbocycles. The SMILES string of the molecule is C=CC(=O)N1CC(c2[nH]c3nnc(-c4ccccc4O)cc3c2Br)[C@H](F)C1. The zero-order valence-corrected chi connectivity index (χ0v) is 15.8. The number of amides is 1. The van der Waals surface area contributed by atoms with Crippen LogP contribution in [0.2, 0.25) is 0 Å². The Bertz CT molecular complexity index is 1050. The second kappa shape index (κ2) is 6.77. The zero-order chi connectivity index (χ0) is 19.1. The lowest BCUT2D eigenvalue weighted by Crippen LogP contribution is -2.27. The lowest BCUT2D eigenvalue weighted by molar-refractivity contribution is -0.125. The van der Waals surface area contributed by atoms with E-state index in [0.29, 0.717) is 27.1 Å². The van der Waals surface area contributed by atoms with Crippen molar-refractivity contribution in [3.63, 3.8) is 0 Å². The number of hydrogen-bond donors (Lipinski definition) is 2. The van der Waals surface area contributed by atoms with E-state index in [1.165, 1.54) is 11.0 Å². The van der Waals surface area contributed by atoms with E-state index in [-0.39, 0.29) is 24.7 Å². The standard InChI is InChI=1S/C19H16BrFN4O2/c1-2-16(27)25-8-12(13(21)9-25)18-17(20)11-7-14(23-24-19(11)22-18)10-5-3-4-6-15(10)26/h2-7,12-13,26H,1,8-9H2,(H,22,24)/t12?,13-/m1/s1. The van der Waals surface area contributed by atoms with Crippen LogP contribution in [0.1, 0.15) is 11.6 Å². The number of phenolic OH excluding ortho intramolecular Hbond substituents is 1. The van der Waals surface area contributed by atoms with Gasteiger partial charge in [-0.15, -0.1) is 10.2 Å². The molecule has 3 aromatic rings. The van der Waals surface area contributed by atoms with Gasteiger partial charge < -0.3 is 15.0 Å².